The van der Waals surface area contributed by atoms with Crippen molar-refractivity contribution in [1.29, 1.82) is 0 Å². The number of esters is 3. The molecule has 1 amide bonds. The van der Waals surface area contributed by atoms with Gasteiger partial charge in [0.15, 0.2) is 17.6 Å². The van der Waals surface area contributed by atoms with Gasteiger partial charge in [0, 0.05) is 25.5 Å². The number of methoxy groups -OCH3 is 3. The number of amides is 1. The topological polar surface area (TPSA) is 147 Å². The third-order valence-electron chi connectivity index (χ3n) is 9.75. The molecule has 1 aliphatic carbocycles. The molecule has 1 N–H and O–H groups in total. The summed E-state index contributed by atoms with van der Waals surface area (Å²) in [5.74, 6) is -5.17. The van der Waals surface area contributed by atoms with Crippen LogP contribution in [0.5, 0.6) is 11.5 Å². The van der Waals surface area contributed by atoms with Crippen molar-refractivity contribution < 1.29 is 65.9 Å². The van der Waals surface area contributed by atoms with Gasteiger partial charge in [-0.2, -0.15) is 13.2 Å². The van der Waals surface area contributed by atoms with Gasteiger partial charge in [-0.05, 0) is 37.1 Å². The van der Waals surface area contributed by atoms with Crippen molar-refractivity contribution in [3.63, 3.8) is 0 Å². The molecule has 0 unspecified atom stereocenters. The zero-order chi connectivity index (χ0) is 36.2. The van der Waals surface area contributed by atoms with Gasteiger partial charge in [-0.25, -0.2) is 9.59 Å². The molecule has 6 atom stereocenters. The number of hydrogen-bond acceptors (Lipinski definition) is 11. The van der Waals surface area contributed by atoms with Crippen LogP contribution in [0.1, 0.15) is 37.0 Å². The number of fused-ring (bicyclic) bond motifs is 1. The summed E-state index contributed by atoms with van der Waals surface area (Å²) < 4.78 is 77.1. The predicted octanol–water partition coefficient (Wildman–Crippen LogP) is 3.12. The van der Waals surface area contributed by atoms with Crippen molar-refractivity contribution in [2.24, 2.45) is 5.41 Å². The summed E-state index contributed by atoms with van der Waals surface area (Å²) in [6.45, 7) is 6.31. The fourth-order valence-corrected chi connectivity index (χ4v) is 7.85. The number of hydrogen-bond donors (Lipinski definition) is 1. The SMILES string of the molecule is C=C[C@@]1(O)C[C@]2(C(=O)OCC)[C@@H](OC(=O)[C@@](OC)(c3ccccc3)C(F)(F)F)C(=O)N3[C@H](C(=O)OCC)Cc4cc(OC)c(OC)cc4[C@@]312. The Labute approximate surface area is 279 Å². The summed E-state index contributed by atoms with van der Waals surface area (Å²) in [6.07, 6.45) is -7.69. The molecule has 0 bridgehead atoms. The summed E-state index contributed by atoms with van der Waals surface area (Å²) >= 11 is 0. The van der Waals surface area contributed by atoms with Crippen LogP contribution < -0.4 is 9.47 Å². The molecular weight excluding hydrogens is 655 g/mol. The van der Waals surface area contributed by atoms with Crippen LogP contribution in [0.15, 0.2) is 55.1 Å². The number of nitrogens with zero attached hydrogens (tertiary/aromatic N) is 1. The van der Waals surface area contributed by atoms with Crippen molar-refractivity contribution in [2.75, 3.05) is 34.5 Å². The van der Waals surface area contributed by atoms with E-state index in [1.807, 2.05) is 0 Å². The van der Waals surface area contributed by atoms with Gasteiger partial charge in [-0.3, -0.25) is 9.59 Å². The zero-order valence-electron chi connectivity index (χ0n) is 27.4. The molecule has 1 saturated carbocycles. The molecule has 15 heteroatoms. The maximum absolute atomic E-state index is 15.0. The van der Waals surface area contributed by atoms with E-state index in [2.05, 4.69) is 6.58 Å². The molecule has 2 aliphatic heterocycles. The van der Waals surface area contributed by atoms with Crippen molar-refractivity contribution in [3.05, 3.63) is 71.8 Å². The summed E-state index contributed by atoms with van der Waals surface area (Å²) in [7, 11) is 3.33. The smallest absolute Gasteiger partial charge is 0.432 e. The minimum Gasteiger partial charge on any atom is -0.493 e. The monoisotopic (exact) mass is 691 g/mol. The number of carbonyl (C=O) groups is 4. The van der Waals surface area contributed by atoms with Gasteiger partial charge >= 0.3 is 24.1 Å². The lowest BCUT2D eigenvalue weighted by molar-refractivity contribution is -0.286. The van der Waals surface area contributed by atoms with Gasteiger partial charge in [0.05, 0.1) is 27.4 Å². The van der Waals surface area contributed by atoms with Crippen molar-refractivity contribution in [3.8, 4) is 11.5 Å². The predicted molar refractivity (Wildman–Crippen MR) is 162 cm³/mol. The highest BCUT2D eigenvalue weighted by Crippen LogP contribution is 2.74. The number of halogens is 3. The molecule has 3 aliphatic rings. The van der Waals surface area contributed by atoms with Crippen LogP contribution in [0.2, 0.25) is 0 Å². The van der Waals surface area contributed by atoms with E-state index in [0.29, 0.717) is 12.7 Å². The minimum absolute atomic E-state index is 0.0659. The molecule has 1 spiro atoms. The Hall–Kier alpha value is -4.63. The van der Waals surface area contributed by atoms with Crippen LogP contribution in [0.4, 0.5) is 13.2 Å². The Morgan fingerprint density at radius 3 is 2.16 bits per heavy atom. The fraction of sp³-hybridized carbons (Fsp3) is 0.471. The first kappa shape index (κ1) is 35.7. The second-order valence-corrected chi connectivity index (χ2v) is 11.8. The molecule has 2 heterocycles. The van der Waals surface area contributed by atoms with Crippen molar-refractivity contribution in [1.82, 2.24) is 4.90 Å². The van der Waals surface area contributed by atoms with Crippen molar-refractivity contribution >= 4 is 23.8 Å². The van der Waals surface area contributed by atoms with E-state index in [1.165, 1.54) is 58.4 Å². The first-order valence-corrected chi connectivity index (χ1v) is 15.3. The van der Waals surface area contributed by atoms with Crippen molar-refractivity contribution in [2.45, 2.75) is 61.8 Å². The van der Waals surface area contributed by atoms with E-state index in [1.54, 1.807) is 0 Å². The number of alkyl halides is 3. The quantitative estimate of drug-likeness (QED) is 0.211. The zero-order valence-corrected chi connectivity index (χ0v) is 27.4. The highest BCUT2D eigenvalue weighted by atomic mass is 19.4. The van der Waals surface area contributed by atoms with E-state index in [9.17, 15) is 37.5 Å². The Bertz CT molecular complexity index is 1680. The van der Waals surface area contributed by atoms with Crippen LogP contribution in [-0.2, 0) is 55.7 Å². The van der Waals surface area contributed by atoms with Crippen LogP contribution >= 0.6 is 0 Å². The van der Waals surface area contributed by atoms with Crippen LogP contribution in [0.3, 0.4) is 0 Å². The van der Waals surface area contributed by atoms with E-state index >= 15 is 0 Å². The number of ether oxygens (including phenoxy) is 6. The lowest BCUT2D eigenvalue weighted by Gasteiger charge is -2.67. The third-order valence-corrected chi connectivity index (χ3v) is 9.75. The molecule has 2 fully saturated rings. The summed E-state index contributed by atoms with van der Waals surface area (Å²) in [5.41, 5.74) is -11.1. The Morgan fingerprint density at radius 1 is 1.02 bits per heavy atom. The maximum atomic E-state index is 15.0. The molecule has 0 radical (unpaired) electrons. The van der Waals surface area contributed by atoms with Crippen LogP contribution in [-0.4, -0.2) is 92.3 Å². The average molecular weight is 692 g/mol. The average Bonchev–Trinajstić information content (AvgIpc) is 3.25. The van der Waals surface area contributed by atoms with Gasteiger partial charge in [-0.15, -0.1) is 6.58 Å². The van der Waals surface area contributed by atoms with Gasteiger partial charge in [0.2, 0.25) is 0 Å². The molecule has 49 heavy (non-hydrogen) atoms. The lowest BCUT2D eigenvalue weighted by atomic mass is 9.42. The lowest BCUT2D eigenvalue weighted by Crippen LogP contribution is -2.81. The van der Waals surface area contributed by atoms with Gasteiger partial charge in [-0.1, -0.05) is 36.4 Å². The summed E-state index contributed by atoms with van der Waals surface area (Å²) in [6, 6.07) is 7.22. The molecule has 264 valence electrons. The summed E-state index contributed by atoms with van der Waals surface area (Å²) in [5, 5.41) is 12.3. The van der Waals surface area contributed by atoms with Gasteiger partial charge < -0.3 is 38.4 Å². The Balaban J connectivity index is 1.84. The summed E-state index contributed by atoms with van der Waals surface area (Å²) in [4.78, 5) is 57.6. The third kappa shape index (κ3) is 4.50. The molecule has 2 aromatic carbocycles. The normalized spacial score (nSPS) is 28.1. The number of rotatable bonds is 11. The van der Waals surface area contributed by atoms with Gasteiger partial charge in [0.25, 0.3) is 11.5 Å². The van der Waals surface area contributed by atoms with E-state index < -0.39 is 76.3 Å². The Kier molecular flexibility index (Phi) is 9.00. The van der Waals surface area contributed by atoms with Crippen LogP contribution in [0, 0.1) is 5.41 Å². The van der Waals surface area contributed by atoms with Crippen LogP contribution in [0.25, 0.3) is 0 Å². The number of benzene rings is 2. The molecule has 5 rings (SSSR count). The second kappa shape index (κ2) is 12.4. The van der Waals surface area contributed by atoms with Gasteiger partial charge in [0.1, 0.15) is 22.6 Å². The Morgan fingerprint density at radius 2 is 1.63 bits per heavy atom. The van der Waals surface area contributed by atoms with E-state index in [0.717, 1.165) is 23.1 Å². The number of carbonyl (C=O) groups excluding carboxylic acids is 4. The fourth-order valence-electron chi connectivity index (χ4n) is 7.85. The number of aliphatic hydroxyl groups is 1. The second-order valence-electron chi connectivity index (χ2n) is 11.8. The molecular formula is C34H36F3NO11. The highest BCUT2D eigenvalue weighted by molar-refractivity contribution is 6.03. The minimum atomic E-state index is -5.44. The molecule has 2 aromatic rings. The largest absolute Gasteiger partial charge is 0.493 e. The maximum Gasteiger partial charge on any atom is 0.432 e. The first-order chi connectivity index (χ1) is 23.2. The van der Waals surface area contributed by atoms with E-state index in [4.69, 9.17) is 28.4 Å². The standard InChI is InChI=1S/C34H36F3NO11/c1-7-30(43)18-31(28(41)48-9-3)25(49-29(42)32(46-6,34(35,36)37)20-13-11-10-12-14-20)26(39)38-22(27(40)47-8-2)15-19-16-23(44-4)24(45-5)17-21(19)33(30,31)38/h7,10-14,16-17,22,25,43H,1,8-9,15,18H2,2-6H3/t22-,25-,30+,31+,32-,33+/m0/s1. The molecule has 0 aromatic heterocycles. The molecule has 1 saturated heterocycles. The highest BCUT2D eigenvalue weighted by Gasteiger charge is 2.91. The first-order valence-electron chi connectivity index (χ1n) is 15.3. The van der Waals surface area contributed by atoms with E-state index in [-0.39, 0.29) is 36.7 Å². The molecule has 12 nitrogen and oxygen atoms in total.